The fraction of sp³-hybridized carbons (Fsp3) is 0.227. The summed E-state index contributed by atoms with van der Waals surface area (Å²) in [6, 6.07) is 14.7. The van der Waals surface area contributed by atoms with Crippen LogP contribution in [0.1, 0.15) is 18.1 Å². The third-order valence-electron chi connectivity index (χ3n) is 5.05. The molecule has 2 atom stereocenters. The van der Waals surface area contributed by atoms with Crippen LogP contribution >= 0.6 is 11.8 Å². The number of hydrogen-bond donors (Lipinski definition) is 1. The number of amides is 1. The van der Waals surface area contributed by atoms with E-state index in [0.717, 1.165) is 10.6 Å². The van der Waals surface area contributed by atoms with Crippen molar-refractivity contribution in [1.82, 2.24) is 4.90 Å². The van der Waals surface area contributed by atoms with Gasteiger partial charge in [-0.3, -0.25) is 24.8 Å². The number of rotatable bonds is 7. The summed E-state index contributed by atoms with van der Waals surface area (Å²) in [5.41, 5.74) is 1.31. The summed E-state index contributed by atoms with van der Waals surface area (Å²) in [6.07, 6.45) is 0.585. The number of nitro groups is 1. The molecule has 2 aliphatic rings. The van der Waals surface area contributed by atoms with Gasteiger partial charge in [0.15, 0.2) is 11.7 Å². The fourth-order valence-corrected chi connectivity index (χ4v) is 4.78. The van der Waals surface area contributed by atoms with E-state index >= 15 is 0 Å². The molecule has 0 saturated carbocycles. The maximum Gasteiger partial charge on any atom is 0.358 e. The van der Waals surface area contributed by atoms with Crippen LogP contribution in [0.4, 0.5) is 5.69 Å². The van der Waals surface area contributed by atoms with E-state index in [9.17, 15) is 24.8 Å². The lowest BCUT2D eigenvalue weighted by Gasteiger charge is -2.41. The third kappa shape index (κ3) is 4.22. The van der Waals surface area contributed by atoms with Crippen LogP contribution in [0, 0.1) is 10.1 Å². The number of ether oxygens (including phenoxy) is 1. The molecule has 1 N–H and O–H groups in total. The molecule has 0 bridgehead atoms. The molecule has 32 heavy (non-hydrogen) atoms. The second-order valence-electron chi connectivity index (χ2n) is 7.28. The number of non-ortho nitro benzene ring substituents is 1. The zero-order chi connectivity index (χ0) is 22.8. The summed E-state index contributed by atoms with van der Waals surface area (Å²) in [5.74, 6) is -1.56. The number of carbonyl (C=O) groups excluding carboxylic acids is 2. The number of nitrogens with zero attached hydrogens (tertiary/aromatic N) is 3. The number of carbonyl (C=O) groups is 2. The molecule has 2 aromatic rings. The minimum absolute atomic E-state index is 0.0753. The molecule has 2 unspecified atom stereocenters. The average molecular weight is 453 g/mol. The Morgan fingerprint density at radius 1 is 1.19 bits per heavy atom. The van der Waals surface area contributed by atoms with Gasteiger partial charge >= 0.3 is 5.97 Å². The number of aliphatic hydroxyl groups is 1. The zero-order valence-corrected chi connectivity index (χ0v) is 17.8. The third-order valence-corrected chi connectivity index (χ3v) is 6.28. The Hall–Kier alpha value is -3.66. The number of aliphatic imine (C=N–C) groups is 1. The van der Waals surface area contributed by atoms with Crippen molar-refractivity contribution in [2.45, 2.75) is 31.4 Å². The van der Waals surface area contributed by atoms with Gasteiger partial charge < -0.3 is 9.84 Å². The number of fused-ring (bicyclic) bond motifs is 1. The molecule has 10 heteroatoms. The number of hydrogen-bond acceptors (Lipinski definition) is 8. The van der Waals surface area contributed by atoms with Gasteiger partial charge in [0, 0.05) is 18.6 Å². The number of thioether (sulfide) groups is 1. The standard InChI is InChI=1S/C22H19N3O6S/c1-13(26)19(22(28)31-12-15-7-9-16(10-8-15)25(29)30)24-20(27)18-21(24)32-17(23-18)11-14-5-3-2-4-6-14/h2-10,18,21,26H,11-12H2,1H3. The summed E-state index contributed by atoms with van der Waals surface area (Å²) in [7, 11) is 0. The summed E-state index contributed by atoms with van der Waals surface area (Å²) < 4.78 is 5.26. The molecule has 2 aliphatic heterocycles. The predicted octanol–water partition coefficient (Wildman–Crippen LogP) is 3.35. The van der Waals surface area contributed by atoms with Crippen LogP contribution in [0.2, 0.25) is 0 Å². The second-order valence-corrected chi connectivity index (χ2v) is 8.47. The van der Waals surface area contributed by atoms with Gasteiger partial charge in [-0.15, -0.1) is 0 Å². The average Bonchev–Trinajstić information content (AvgIpc) is 3.15. The van der Waals surface area contributed by atoms with Crippen LogP contribution in [-0.4, -0.2) is 43.3 Å². The predicted molar refractivity (Wildman–Crippen MR) is 118 cm³/mol. The van der Waals surface area contributed by atoms with Crippen LogP contribution in [0.15, 0.2) is 71.0 Å². The lowest BCUT2D eigenvalue weighted by molar-refractivity contribution is -0.384. The molecule has 2 heterocycles. The van der Waals surface area contributed by atoms with Crippen molar-refractivity contribution in [3.63, 3.8) is 0 Å². The van der Waals surface area contributed by atoms with Crippen molar-refractivity contribution < 1.29 is 24.4 Å². The molecule has 1 fully saturated rings. The molecule has 1 amide bonds. The normalized spacial score (nSPS) is 20.1. The van der Waals surface area contributed by atoms with Gasteiger partial charge in [0.05, 0.1) is 9.97 Å². The highest BCUT2D eigenvalue weighted by atomic mass is 32.2. The molecule has 0 aliphatic carbocycles. The maximum atomic E-state index is 12.7. The van der Waals surface area contributed by atoms with Gasteiger partial charge in [-0.05, 0) is 30.2 Å². The van der Waals surface area contributed by atoms with Gasteiger partial charge in [0.1, 0.15) is 17.7 Å². The van der Waals surface area contributed by atoms with Crippen LogP contribution in [0.5, 0.6) is 0 Å². The minimum atomic E-state index is -0.854. The number of nitro benzene ring substituents is 1. The smallest absolute Gasteiger partial charge is 0.358 e. The van der Waals surface area contributed by atoms with Crippen molar-refractivity contribution in [2.24, 2.45) is 4.99 Å². The summed E-state index contributed by atoms with van der Waals surface area (Å²) in [5, 5.41) is 21.2. The molecule has 0 aromatic heterocycles. The molecular weight excluding hydrogens is 434 g/mol. The van der Waals surface area contributed by atoms with E-state index in [4.69, 9.17) is 4.74 Å². The topological polar surface area (TPSA) is 122 Å². The second kappa shape index (κ2) is 8.83. The van der Waals surface area contributed by atoms with E-state index in [1.807, 2.05) is 30.3 Å². The Labute approximate surface area is 187 Å². The lowest BCUT2D eigenvalue weighted by atomic mass is 10.1. The van der Waals surface area contributed by atoms with Crippen molar-refractivity contribution >= 4 is 34.4 Å². The van der Waals surface area contributed by atoms with Crippen molar-refractivity contribution in [3.05, 3.63) is 87.3 Å². The van der Waals surface area contributed by atoms with E-state index < -0.39 is 22.3 Å². The number of esters is 1. The Balaban J connectivity index is 1.41. The number of aliphatic hydroxyl groups excluding tert-OH is 1. The number of likely N-dealkylation sites (tertiary alicyclic amines) is 1. The Morgan fingerprint density at radius 3 is 2.50 bits per heavy atom. The molecule has 1 saturated heterocycles. The first kappa shape index (κ1) is 21.6. The van der Waals surface area contributed by atoms with Crippen molar-refractivity contribution in [3.8, 4) is 0 Å². The maximum absolute atomic E-state index is 12.7. The summed E-state index contributed by atoms with van der Waals surface area (Å²) >= 11 is 1.39. The van der Waals surface area contributed by atoms with Gasteiger partial charge in [-0.1, -0.05) is 42.1 Å². The van der Waals surface area contributed by atoms with Gasteiger partial charge in [0.2, 0.25) is 0 Å². The van der Waals surface area contributed by atoms with Crippen LogP contribution < -0.4 is 0 Å². The lowest BCUT2D eigenvalue weighted by Crippen LogP contribution is -2.61. The van der Waals surface area contributed by atoms with E-state index in [2.05, 4.69) is 4.99 Å². The quantitative estimate of drug-likeness (QED) is 0.170. The molecule has 164 valence electrons. The molecule has 0 spiro atoms. The minimum Gasteiger partial charge on any atom is -0.510 e. The Morgan fingerprint density at radius 2 is 1.88 bits per heavy atom. The molecular formula is C22H19N3O6S. The fourth-order valence-electron chi connectivity index (χ4n) is 3.46. The van der Waals surface area contributed by atoms with Gasteiger partial charge in [-0.25, -0.2) is 4.79 Å². The zero-order valence-electron chi connectivity index (χ0n) is 17.0. The molecule has 4 rings (SSSR count). The van der Waals surface area contributed by atoms with E-state index in [1.54, 1.807) is 0 Å². The highest BCUT2D eigenvalue weighted by Crippen LogP contribution is 2.42. The van der Waals surface area contributed by atoms with Gasteiger partial charge in [-0.2, -0.15) is 0 Å². The number of benzene rings is 2. The van der Waals surface area contributed by atoms with E-state index in [0.29, 0.717) is 12.0 Å². The van der Waals surface area contributed by atoms with E-state index in [1.165, 1.54) is 47.9 Å². The molecule has 9 nitrogen and oxygen atoms in total. The molecule has 0 radical (unpaired) electrons. The highest BCUT2D eigenvalue weighted by molar-refractivity contribution is 8.14. The van der Waals surface area contributed by atoms with Gasteiger partial charge in [0.25, 0.3) is 11.6 Å². The summed E-state index contributed by atoms with van der Waals surface area (Å²) in [4.78, 5) is 41.3. The largest absolute Gasteiger partial charge is 0.510 e. The first-order chi connectivity index (χ1) is 15.3. The van der Waals surface area contributed by atoms with Crippen LogP contribution in [-0.2, 0) is 27.4 Å². The first-order valence-corrected chi connectivity index (χ1v) is 10.6. The van der Waals surface area contributed by atoms with Crippen molar-refractivity contribution in [1.29, 1.82) is 0 Å². The number of allylic oxidation sites excluding steroid dienone is 1. The molecule has 2 aromatic carbocycles. The van der Waals surface area contributed by atoms with Crippen molar-refractivity contribution in [2.75, 3.05) is 0 Å². The van der Waals surface area contributed by atoms with Crippen LogP contribution in [0.25, 0.3) is 0 Å². The van der Waals surface area contributed by atoms with Crippen LogP contribution in [0.3, 0.4) is 0 Å². The Kier molecular flexibility index (Phi) is 5.95. The van der Waals surface area contributed by atoms with E-state index in [-0.39, 0.29) is 29.7 Å². The SMILES string of the molecule is CC(O)=C(C(=O)OCc1ccc([N+](=O)[O-])cc1)N1C(=O)C2N=C(Cc3ccccc3)SC21. The summed E-state index contributed by atoms with van der Waals surface area (Å²) in [6.45, 7) is 1.15. The number of β-lactam (4-membered cyclic amide) rings is 1. The monoisotopic (exact) mass is 453 g/mol. The first-order valence-electron chi connectivity index (χ1n) is 9.76. The highest BCUT2D eigenvalue weighted by Gasteiger charge is 2.55. The Bertz CT molecular complexity index is 1130.